The Morgan fingerprint density at radius 2 is 2.62 bits per heavy atom. The normalized spacial score (nSPS) is 9.25. The predicted octanol–water partition coefficient (Wildman–Crippen LogP) is 0.229. The minimum absolute atomic E-state index is 0.727. The summed E-state index contributed by atoms with van der Waals surface area (Å²) in [6, 6.07) is 0. The summed E-state index contributed by atoms with van der Waals surface area (Å²) in [7, 11) is 3.43. The second-order valence-corrected chi connectivity index (χ2v) is 1.46. The van der Waals surface area contributed by atoms with Gasteiger partial charge in [-0.25, -0.2) is 4.98 Å². The fourth-order valence-electron chi connectivity index (χ4n) is 0.496. The first-order valence-corrected chi connectivity index (χ1v) is 2.28. The Bertz CT molecular complexity index is 171. The van der Waals surface area contributed by atoms with Gasteiger partial charge in [-0.1, -0.05) is 0 Å². The Labute approximate surface area is 47.9 Å². The van der Waals surface area contributed by atoms with Crippen LogP contribution in [0.15, 0.2) is 6.20 Å². The topological polar surface area (TPSA) is 27.1 Å². The summed E-state index contributed by atoms with van der Waals surface area (Å²) in [5.41, 5.74) is 0. The number of nitrogens with zero attached hydrogens (tertiary/aromatic N) is 2. The molecule has 0 atom stereocenters. The zero-order valence-electron chi connectivity index (χ0n) is 4.88. The lowest BCUT2D eigenvalue weighted by atomic mass is 10.8. The van der Waals surface area contributed by atoms with E-state index in [0.717, 1.165) is 5.88 Å². The van der Waals surface area contributed by atoms with E-state index in [1.54, 1.807) is 17.9 Å². The van der Waals surface area contributed by atoms with Crippen LogP contribution in [0.5, 0.6) is 5.88 Å². The molecule has 0 unspecified atom stereocenters. The lowest BCUT2D eigenvalue weighted by Gasteiger charge is -1.95. The Balaban J connectivity index is 2.92. The second-order valence-electron chi connectivity index (χ2n) is 1.46. The molecule has 1 rings (SSSR count). The third-order valence-corrected chi connectivity index (χ3v) is 0.922. The average Bonchev–Trinajstić information content (AvgIpc) is 2.14. The number of rotatable bonds is 1. The number of methoxy groups -OCH3 is 1. The molecular formula is C5H7N2O. The van der Waals surface area contributed by atoms with E-state index in [1.165, 1.54) is 0 Å². The highest BCUT2D eigenvalue weighted by atomic mass is 16.5. The van der Waals surface area contributed by atoms with Gasteiger partial charge in [-0.05, 0) is 0 Å². The molecule has 1 radical (unpaired) electrons. The van der Waals surface area contributed by atoms with E-state index in [-0.39, 0.29) is 0 Å². The van der Waals surface area contributed by atoms with E-state index in [1.807, 2.05) is 7.05 Å². The van der Waals surface area contributed by atoms with Gasteiger partial charge in [0.1, 0.15) is 0 Å². The summed E-state index contributed by atoms with van der Waals surface area (Å²) in [5, 5.41) is 0. The molecule has 0 amide bonds. The predicted molar refractivity (Wildman–Crippen MR) is 28.6 cm³/mol. The van der Waals surface area contributed by atoms with E-state index in [4.69, 9.17) is 4.74 Å². The van der Waals surface area contributed by atoms with Crippen LogP contribution in [0.3, 0.4) is 0 Å². The maximum absolute atomic E-state index is 4.85. The van der Waals surface area contributed by atoms with Crippen LogP contribution in [0, 0.1) is 6.33 Å². The molecule has 8 heavy (non-hydrogen) atoms. The number of aromatic nitrogens is 2. The van der Waals surface area contributed by atoms with Crippen LogP contribution in [0.1, 0.15) is 0 Å². The average molecular weight is 111 g/mol. The molecule has 1 aromatic heterocycles. The minimum atomic E-state index is 0.727. The maximum Gasteiger partial charge on any atom is 0.213 e. The first-order valence-electron chi connectivity index (χ1n) is 2.28. The van der Waals surface area contributed by atoms with Crippen LogP contribution in [0.25, 0.3) is 0 Å². The largest absolute Gasteiger partial charge is 0.481 e. The lowest BCUT2D eigenvalue weighted by molar-refractivity contribution is 0.382. The molecule has 1 aromatic rings. The summed E-state index contributed by atoms with van der Waals surface area (Å²) in [6.07, 6.45) is 4.27. The van der Waals surface area contributed by atoms with Gasteiger partial charge in [-0.3, -0.25) is 4.57 Å². The molecular weight excluding hydrogens is 104 g/mol. The third kappa shape index (κ3) is 0.665. The SMILES string of the molecule is COc1cn[c]n1C. The fourth-order valence-corrected chi connectivity index (χ4v) is 0.496. The lowest BCUT2D eigenvalue weighted by Crippen LogP contribution is -1.90. The number of hydrogen-bond donors (Lipinski definition) is 0. The van der Waals surface area contributed by atoms with Crippen molar-refractivity contribution in [2.75, 3.05) is 7.11 Å². The number of ether oxygens (including phenoxy) is 1. The van der Waals surface area contributed by atoms with Crippen molar-refractivity contribution < 1.29 is 4.74 Å². The monoisotopic (exact) mass is 111 g/mol. The van der Waals surface area contributed by atoms with Crippen LogP contribution < -0.4 is 4.74 Å². The van der Waals surface area contributed by atoms with E-state index >= 15 is 0 Å². The fraction of sp³-hybridized carbons (Fsp3) is 0.400. The molecule has 0 aliphatic carbocycles. The molecule has 3 nitrogen and oxygen atoms in total. The molecule has 0 aliphatic heterocycles. The van der Waals surface area contributed by atoms with Crippen molar-refractivity contribution in [1.82, 2.24) is 9.55 Å². The van der Waals surface area contributed by atoms with Crippen molar-refractivity contribution in [2.24, 2.45) is 7.05 Å². The molecule has 0 fully saturated rings. The van der Waals surface area contributed by atoms with Gasteiger partial charge in [0, 0.05) is 7.05 Å². The van der Waals surface area contributed by atoms with Gasteiger partial charge in [-0.15, -0.1) is 0 Å². The van der Waals surface area contributed by atoms with E-state index in [0.29, 0.717) is 0 Å². The Hall–Kier alpha value is -0.990. The van der Waals surface area contributed by atoms with Crippen LogP contribution >= 0.6 is 0 Å². The van der Waals surface area contributed by atoms with Gasteiger partial charge in [-0.2, -0.15) is 0 Å². The van der Waals surface area contributed by atoms with Crippen LogP contribution in [-0.2, 0) is 7.05 Å². The summed E-state index contributed by atoms with van der Waals surface area (Å²) in [6.45, 7) is 0. The van der Waals surface area contributed by atoms with E-state index in [2.05, 4.69) is 11.3 Å². The van der Waals surface area contributed by atoms with Crippen molar-refractivity contribution in [3.05, 3.63) is 12.5 Å². The van der Waals surface area contributed by atoms with Gasteiger partial charge in [0.25, 0.3) is 0 Å². The second kappa shape index (κ2) is 1.86. The van der Waals surface area contributed by atoms with Crippen LogP contribution in [-0.4, -0.2) is 16.7 Å². The van der Waals surface area contributed by atoms with Crippen molar-refractivity contribution in [1.29, 1.82) is 0 Å². The van der Waals surface area contributed by atoms with Crippen molar-refractivity contribution in [3.8, 4) is 5.88 Å². The van der Waals surface area contributed by atoms with E-state index < -0.39 is 0 Å². The highest BCUT2D eigenvalue weighted by molar-refractivity contribution is 5.02. The molecule has 1 heterocycles. The highest BCUT2D eigenvalue weighted by Crippen LogP contribution is 2.03. The molecule has 0 N–H and O–H groups in total. The maximum atomic E-state index is 4.85. The van der Waals surface area contributed by atoms with Crippen LogP contribution in [0.4, 0.5) is 0 Å². The number of imidazole rings is 1. The molecule has 3 heteroatoms. The first kappa shape index (κ1) is 5.15. The third-order valence-electron chi connectivity index (χ3n) is 0.922. The first-order chi connectivity index (χ1) is 3.84. The summed E-state index contributed by atoms with van der Waals surface area (Å²) >= 11 is 0. The number of hydrogen-bond acceptors (Lipinski definition) is 2. The Morgan fingerprint density at radius 3 is 2.88 bits per heavy atom. The zero-order chi connectivity index (χ0) is 5.98. The summed E-state index contributed by atoms with van der Waals surface area (Å²) < 4.78 is 6.53. The zero-order valence-corrected chi connectivity index (χ0v) is 4.88. The molecule has 0 aliphatic rings. The molecule has 0 bridgehead atoms. The molecule has 43 valence electrons. The smallest absolute Gasteiger partial charge is 0.213 e. The molecule has 0 spiro atoms. The van der Waals surface area contributed by atoms with Gasteiger partial charge >= 0.3 is 0 Å². The molecule has 0 aromatic carbocycles. The van der Waals surface area contributed by atoms with Gasteiger partial charge < -0.3 is 4.74 Å². The summed E-state index contributed by atoms with van der Waals surface area (Å²) in [4.78, 5) is 3.71. The van der Waals surface area contributed by atoms with Gasteiger partial charge in [0.2, 0.25) is 5.88 Å². The van der Waals surface area contributed by atoms with Crippen molar-refractivity contribution in [2.45, 2.75) is 0 Å². The van der Waals surface area contributed by atoms with Gasteiger partial charge in [0.15, 0.2) is 6.33 Å². The molecule has 0 saturated heterocycles. The van der Waals surface area contributed by atoms with Gasteiger partial charge in [0.05, 0.1) is 13.3 Å². The minimum Gasteiger partial charge on any atom is -0.481 e. The highest BCUT2D eigenvalue weighted by Gasteiger charge is 1.92. The Kier molecular flexibility index (Phi) is 1.20. The summed E-state index contributed by atoms with van der Waals surface area (Å²) in [5.74, 6) is 0.727. The van der Waals surface area contributed by atoms with Crippen LogP contribution in [0.2, 0.25) is 0 Å². The van der Waals surface area contributed by atoms with E-state index in [9.17, 15) is 0 Å². The van der Waals surface area contributed by atoms with Crippen molar-refractivity contribution >= 4 is 0 Å². The quantitative estimate of drug-likeness (QED) is 0.518. The standard InChI is InChI=1S/C5H7N2O/c1-7-4-6-3-5(7)8-2/h3H,1-2H3. The van der Waals surface area contributed by atoms with Crippen molar-refractivity contribution in [3.63, 3.8) is 0 Å². The number of aryl methyl sites for hydroxylation is 1. The molecule has 0 saturated carbocycles. The Morgan fingerprint density at radius 1 is 1.88 bits per heavy atom.